The van der Waals surface area contributed by atoms with Gasteiger partial charge in [0.05, 0.1) is 0 Å². The normalized spacial score (nSPS) is 10.0. The van der Waals surface area contributed by atoms with Crippen LogP contribution in [0.3, 0.4) is 0 Å². The van der Waals surface area contributed by atoms with Crippen LogP contribution >= 0.6 is 22.9 Å². The number of esters is 1. The zero-order valence-electron chi connectivity index (χ0n) is 12.6. The van der Waals surface area contributed by atoms with Crippen molar-refractivity contribution in [2.24, 2.45) is 0 Å². The van der Waals surface area contributed by atoms with Crippen LogP contribution in [0.2, 0.25) is 5.02 Å². The first-order chi connectivity index (χ1) is 11.5. The van der Waals surface area contributed by atoms with Gasteiger partial charge in [-0.3, -0.25) is 25.2 Å². The van der Waals surface area contributed by atoms with Gasteiger partial charge in [0.1, 0.15) is 0 Å². The van der Waals surface area contributed by atoms with Crippen molar-refractivity contribution in [3.8, 4) is 0 Å². The van der Waals surface area contributed by atoms with Gasteiger partial charge in [0.25, 0.3) is 11.8 Å². The minimum absolute atomic E-state index is 0.196. The van der Waals surface area contributed by atoms with Crippen molar-refractivity contribution >= 4 is 40.7 Å². The van der Waals surface area contributed by atoms with Crippen LogP contribution in [-0.4, -0.2) is 24.4 Å². The molecule has 0 bridgehead atoms. The van der Waals surface area contributed by atoms with Crippen LogP contribution < -0.4 is 10.9 Å². The van der Waals surface area contributed by atoms with E-state index < -0.39 is 24.4 Å². The fourth-order valence-corrected chi connectivity index (χ4v) is 2.56. The molecule has 0 spiro atoms. The molecule has 0 saturated heterocycles. The standard InChI is InChI=1S/C16H15ClN2O4S/c17-13-4-2-12(3-5-13)16(22)19-18-14(20)9-23-15(21)6-1-11-7-8-24-10-11/h2-5,7-8,10H,1,6,9H2,(H,18,20)(H,19,22). The third-order valence-electron chi connectivity index (χ3n) is 2.98. The number of hydrazine groups is 1. The molecule has 1 aromatic heterocycles. The summed E-state index contributed by atoms with van der Waals surface area (Å²) in [6.45, 7) is -0.455. The first kappa shape index (κ1) is 18.0. The van der Waals surface area contributed by atoms with E-state index in [0.29, 0.717) is 17.0 Å². The molecule has 8 heteroatoms. The van der Waals surface area contributed by atoms with Gasteiger partial charge in [-0.1, -0.05) is 11.6 Å². The lowest BCUT2D eigenvalue weighted by Gasteiger charge is -2.08. The molecule has 0 unspecified atom stereocenters. The van der Waals surface area contributed by atoms with Gasteiger partial charge in [-0.05, 0) is 53.1 Å². The van der Waals surface area contributed by atoms with E-state index in [1.54, 1.807) is 23.5 Å². The number of halogens is 1. The molecule has 2 aromatic rings. The van der Waals surface area contributed by atoms with E-state index in [1.807, 2.05) is 16.8 Å². The second-order valence-electron chi connectivity index (χ2n) is 4.80. The molecule has 2 N–H and O–H groups in total. The van der Waals surface area contributed by atoms with E-state index >= 15 is 0 Å². The highest BCUT2D eigenvalue weighted by atomic mass is 35.5. The Balaban J connectivity index is 1.64. The maximum absolute atomic E-state index is 11.8. The molecule has 1 heterocycles. The quantitative estimate of drug-likeness (QED) is 0.607. The van der Waals surface area contributed by atoms with Crippen LogP contribution in [0.15, 0.2) is 41.1 Å². The van der Waals surface area contributed by atoms with Crippen LogP contribution in [-0.2, 0) is 20.7 Å². The minimum atomic E-state index is -0.624. The zero-order chi connectivity index (χ0) is 17.4. The number of hydrogen-bond acceptors (Lipinski definition) is 5. The fraction of sp³-hybridized carbons (Fsp3) is 0.188. The number of rotatable bonds is 6. The molecular weight excluding hydrogens is 352 g/mol. The summed E-state index contributed by atoms with van der Waals surface area (Å²) in [7, 11) is 0. The van der Waals surface area contributed by atoms with Gasteiger partial charge < -0.3 is 4.74 Å². The summed E-state index contributed by atoms with van der Waals surface area (Å²) in [5, 5.41) is 4.38. The maximum Gasteiger partial charge on any atom is 0.306 e. The zero-order valence-corrected chi connectivity index (χ0v) is 14.2. The number of ether oxygens (including phenoxy) is 1. The molecular formula is C16H15ClN2O4S. The van der Waals surface area contributed by atoms with Crippen LogP contribution in [0.1, 0.15) is 22.3 Å². The Morgan fingerprint density at radius 3 is 2.50 bits per heavy atom. The molecule has 0 aliphatic rings. The smallest absolute Gasteiger partial charge is 0.306 e. The Kier molecular flexibility index (Phi) is 6.77. The van der Waals surface area contributed by atoms with Crippen molar-refractivity contribution in [2.45, 2.75) is 12.8 Å². The number of hydrogen-bond donors (Lipinski definition) is 2. The molecule has 0 radical (unpaired) electrons. The van der Waals surface area contributed by atoms with Crippen LogP contribution in [0.5, 0.6) is 0 Å². The minimum Gasteiger partial charge on any atom is -0.455 e. The molecule has 6 nitrogen and oxygen atoms in total. The largest absolute Gasteiger partial charge is 0.455 e. The number of carbonyl (C=O) groups is 3. The van der Waals surface area contributed by atoms with E-state index in [1.165, 1.54) is 12.1 Å². The fourth-order valence-electron chi connectivity index (χ4n) is 1.74. The average molecular weight is 367 g/mol. The molecule has 0 atom stereocenters. The predicted octanol–water partition coefficient (Wildman–Crippen LogP) is 2.34. The number of thiophene rings is 1. The summed E-state index contributed by atoms with van der Waals surface area (Å²) in [5.74, 6) is -1.59. The van der Waals surface area contributed by atoms with Crippen molar-refractivity contribution in [3.63, 3.8) is 0 Å². The number of carbonyl (C=O) groups excluding carboxylic acids is 3. The average Bonchev–Trinajstić information content (AvgIpc) is 3.10. The number of aryl methyl sites for hydroxylation is 1. The molecule has 24 heavy (non-hydrogen) atoms. The molecule has 0 aliphatic heterocycles. The summed E-state index contributed by atoms with van der Waals surface area (Å²) < 4.78 is 4.84. The molecule has 2 rings (SSSR count). The summed E-state index contributed by atoms with van der Waals surface area (Å²) in [6.07, 6.45) is 0.762. The third-order valence-corrected chi connectivity index (χ3v) is 3.97. The van der Waals surface area contributed by atoms with Gasteiger partial charge in [-0.25, -0.2) is 0 Å². The predicted molar refractivity (Wildman–Crippen MR) is 90.7 cm³/mol. The van der Waals surface area contributed by atoms with Gasteiger partial charge >= 0.3 is 5.97 Å². The Hall–Kier alpha value is -2.38. The van der Waals surface area contributed by atoms with E-state index in [2.05, 4.69) is 10.9 Å². The summed E-state index contributed by atoms with van der Waals surface area (Å²) in [6, 6.07) is 8.10. The Morgan fingerprint density at radius 2 is 1.83 bits per heavy atom. The van der Waals surface area contributed by atoms with Gasteiger partial charge in [-0.15, -0.1) is 0 Å². The van der Waals surface area contributed by atoms with Crippen molar-refractivity contribution in [1.82, 2.24) is 10.9 Å². The second-order valence-corrected chi connectivity index (χ2v) is 6.02. The highest BCUT2D eigenvalue weighted by Crippen LogP contribution is 2.09. The Bertz CT molecular complexity index is 701. The van der Waals surface area contributed by atoms with E-state index in [-0.39, 0.29) is 6.42 Å². The van der Waals surface area contributed by atoms with E-state index in [4.69, 9.17) is 16.3 Å². The summed E-state index contributed by atoms with van der Waals surface area (Å²) in [5.41, 5.74) is 5.79. The summed E-state index contributed by atoms with van der Waals surface area (Å²) >= 11 is 7.28. The lowest BCUT2D eigenvalue weighted by atomic mass is 10.2. The molecule has 2 amide bonds. The van der Waals surface area contributed by atoms with Crippen molar-refractivity contribution < 1.29 is 19.1 Å². The van der Waals surface area contributed by atoms with Crippen LogP contribution in [0.4, 0.5) is 0 Å². The number of benzene rings is 1. The van der Waals surface area contributed by atoms with Gasteiger partial charge in [0.2, 0.25) is 0 Å². The van der Waals surface area contributed by atoms with Gasteiger partial charge in [-0.2, -0.15) is 11.3 Å². The number of nitrogens with one attached hydrogen (secondary N) is 2. The first-order valence-corrected chi connectivity index (χ1v) is 8.38. The lowest BCUT2D eigenvalue weighted by Crippen LogP contribution is -2.43. The Labute approximate surface area is 147 Å². The monoisotopic (exact) mass is 366 g/mol. The highest BCUT2D eigenvalue weighted by molar-refractivity contribution is 7.07. The van der Waals surface area contributed by atoms with Crippen LogP contribution in [0, 0.1) is 0 Å². The molecule has 1 aromatic carbocycles. The second kappa shape index (κ2) is 9.05. The molecule has 0 aliphatic carbocycles. The third kappa shape index (κ3) is 6.02. The first-order valence-electron chi connectivity index (χ1n) is 7.06. The Morgan fingerprint density at radius 1 is 1.08 bits per heavy atom. The maximum atomic E-state index is 11.8. The van der Waals surface area contributed by atoms with Crippen molar-refractivity contribution in [2.75, 3.05) is 6.61 Å². The molecule has 0 saturated carbocycles. The van der Waals surface area contributed by atoms with E-state index in [0.717, 1.165) is 5.56 Å². The van der Waals surface area contributed by atoms with Gasteiger partial charge in [0.15, 0.2) is 6.61 Å². The lowest BCUT2D eigenvalue weighted by molar-refractivity contribution is -0.148. The molecule has 126 valence electrons. The molecule has 0 fully saturated rings. The topological polar surface area (TPSA) is 84.5 Å². The SMILES string of the molecule is O=C(COC(=O)CCc1ccsc1)NNC(=O)c1ccc(Cl)cc1. The van der Waals surface area contributed by atoms with Crippen molar-refractivity contribution in [3.05, 3.63) is 57.2 Å². The highest BCUT2D eigenvalue weighted by Gasteiger charge is 2.10. The van der Waals surface area contributed by atoms with Crippen LogP contribution in [0.25, 0.3) is 0 Å². The van der Waals surface area contributed by atoms with Gasteiger partial charge in [0, 0.05) is 17.0 Å². The van der Waals surface area contributed by atoms with E-state index in [9.17, 15) is 14.4 Å². The number of amides is 2. The summed E-state index contributed by atoms with van der Waals surface area (Å²) in [4.78, 5) is 34.8. The van der Waals surface area contributed by atoms with Crippen molar-refractivity contribution in [1.29, 1.82) is 0 Å².